The number of hydrogen-bond donors (Lipinski definition) is 2. The highest BCUT2D eigenvalue weighted by Crippen LogP contribution is 2.18. The maximum Gasteiger partial charge on any atom is 0.268 e. The first-order valence-electron chi connectivity index (χ1n) is 7.37. The second-order valence-corrected chi connectivity index (χ2v) is 5.24. The first-order chi connectivity index (χ1) is 9.63. The second-order valence-electron chi connectivity index (χ2n) is 5.24. The molecule has 6 heteroatoms. The van der Waals surface area contributed by atoms with Crippen LogP contribution in [0.1, 0.15) is 26.7 Å². The molecule has 0 radical (unpaired) electrons. The molecular formula is C14H24N4O2. The number of aromatic nitrogens is 2. The average molecular weight is 280 g/mol. The molecular weight excluding hydrogens is 256 g/mol. The molecule has 20 heavy (non-hydrogen) atoms. The maximum absolute atomic E-state index is 12.0. The molecule has 0 aliphatic heterocycles. The van der Waals surface area contributed by atoms with E-state index in [0.29, 0.717) is 12.6 Å². The van der Waals surface area contributed by atoms with E-state index < -0.39 is 6.10 Å². The molecule has 1 aliphatic rings. The largest absolute Gasteiger partial charge is 0.390 e. The third-order valence-electron chi connectivity index (χ3n) is 3.59. The molecule has 2 rings (SSSR count). The van der Waals surface area contributed by atoms with Gasteiger partial charge in [0.15, 0.2) is 0 Å². The van der Waals surface area contributed by atoms with Crippen LogP contribution in [0, 0.1) is 0 Å². The Labute approximate surface area is 119 Å². The molecule has 0 saturated heterocycles. The predicted molar refractivity (Wildman–Crippen MR) is 79.1 cm³/mol. The van der Waals surface area contributed by atoms with E-state index in [1.807, 2.05) is 13.8 Å². The fourth-order valence-corrected chi connectivity index (χ4v) is 2.18. The molecule has 0 spiro atoms. The third-order valence-corrected chi connectivity index (χ3v) is 3.59. The molecule has 6 nitrogen and oxygen atoms in total. The molecule has 0 bridgehead atoms. The quantitative estimate of drug-likeness (QED) is 0.712. The van der Waals surface area contributed by atoms with Crippen molar-refractivity contribution in [1.82, 2.24) is 15.1 Å². The van der Waals surface area contributed by atoms with E-state index in [4.69, 9.17) is 0 Å². The maximum atomic E-state index is 12.0. The van der Waals surface area contributed by atoms with Crippen LogP contribution in [0.5, 0.6) is 0 Å². The van der Waals surface area contributed by atoms with Crippen LogP contribution in [0.2, 0.25) is 0 Å². The summed E-state index contributed by atoms with van der Waals surface area (Å²) in [6.45, 7) is 6.52. The van der Waals surface area contributed by atoms with Crippen LogP contribution in [0.4, 0.5) is 5.69 Å². The molecule has 1 atom stereocenters. The first kappa shape index (κ1) is 15.0. The zero-order valence-electron chi connectivity index (χ0n) is 12.2. The minimum Gasteiger partial charge on any atom is -0.390 e. The molecule has 1 fully saturated rings. The molecule has 1 heterocycles. The number of nitrogens with one attached hydrogen (secondary N) is 1. The molecule has 2 N–H and O–H groups in total. The van der Waals surface area contributed by atoms with Gasteiger partial charge in [0, 0.05) is 31.7 Å². The van der Waals surface area contributed by atoms with Gasteiger partial charge in [0.05, 0.1) is 24.5 Å². The number of aliphatic hydroxyl groups excluding tert-OH is 1. The van der Waals surface area contributed by atoms with Crippen molar-refractivity contribution in [1.29, 1.82) is 0 Å². The molecule has 0 aromatic carbocycles. The van der Waals surface area contributed by atoms with Gasteiger partial charge < -0.3 is 15.3 Å². The third kappa shape index (κ3) is 4.05. The van der Waals surface area contributed by atoms with Gasteiger partial charge in [-0.25, -0.2) is 4.68 Å². The number of anilines is 1. The average Bonchev–Trinajstić information content (AvgIpc) is 3.25. The molecule has 1 unspecified atom stereocenters. The van der Waals surface area contributed by atoms with Gasteiger partial charge in [-0.1, -0.05) is 0 Å². The fourth-order valence-electron chi connectivity index (χ4n) is 2.18. The van der Waals surface area contributed by atoms with Gasteiger partial charge in [-0.3, -0.25) is 4.79 Å². The monoisotopic (exact) mass is 280 g/mol. The fraction of sp³-hybridized carbons (Fsp3) is 0.714. The van der Waals surface area contributed by atoms with E-state index in [2.05, 4.69) is 15.3 Å². The van der Waals surface area contributed by atoms with E-state index in [1.165, 1.54) is 17.5 Å². The van der Waals surface area contributed by atoms with Crippen LogP contribution in [0.15, 0.2) is 17.1 Å². The lowest BCUT2D eigenvalue weighted by atomic mass is 10.3. The summed E-state index contributed by atoms with van der Waals surface area (Å²) in [6, 6.07) is 2.14. The Morgan fingerprint density at radius 2 is 2.20 bits per heavy atom. The lowest BCUT2D eigenvalue weighted by molar-refractivity contribution is 0.144. The standard InChI is InChI=1S/C14H24N4O2/c1-3-17(4-2)12-7-14(20)18(16-8-12)10-13(19)9-15-11-5-6-11/h7-8,11,13,15,19H,3-6,9-10H2,1-2H3. The second kappa shape index (κ2) is 6.85. The molecule has 1 saturated carbocycles. The van der Waals surface area contributed by atoms with Gasteiger partial charge in [-0.05, 0) is 26.7 Å². The van der Waals surface area contributed by atoms with Crippen LogP contribution in [0.25, 0.3) is 0 Å². The Kier molecular flexibility index (Phi) is 5.14. The van der Waals surface area contributed by atoms with Crippen molar-refractivity contribution < 1.29 is 5.11 Å². The van der Waals surface area contributed by atoms with Crippen molar-refractivity contribution in [3.8, 4) is 0 Å². The molecule has 1 aliphatic carbocycles. The normalized spacial score (nSPS) is 16.1. The summed E-state index contributed by atoms with van der Waals surface area (Å²) < 4.78 is 1.33. The summed E-state index contributed by atoms with van der Waals surface area (Å²) in [5, 5.41) is 17.3. The summed E-state index contributed by atoms with van der Waals surface area (Å²) in [4.78, 5) is 14.1. The van der Waals surface area contributed by atoms with E-state index in [9.17, 15) is 9.90 Å². The van der Waals surface area contributed by atoms with E-state index in [-0.39, 0.29) is 12.1 Å². The van der Waals surface area contributed by atoms with Gasteiger partial charge in [-0.15, -0.1) is 0 Å². The van der Waals surface area contributed by atoms with Gasteiger partial charge in [0.25, 0.3) is 5.56 Å². The summed E-state index contributed by atoms with van der Waals surface area (Å²) >= 11 is 0. The SMILES string of the molecule is CCN(CC)c1cnn(CC(O)CNC2CC2)c(=O)c1. The van der Waals surface area contributed by atoms with Gasteiger partial charge in [0.1, 0.15) is 0 Å². The van der Waals surface area contributed by atoms with Crippen molar-refractivity contribution in [3.63, 3.8) is 0 Å². The smallest absolute Gasteiger partial charge is 0.268 e. The van der Waals surface area contributed by atoms with Crippen LogP contribution >= 0.6 is 0 Å². The predicted octanol–water partition coefficient (Wildman–Crippen LogP) is 0.202. The Hall–Kier alpha value is -1.40. The van der Waals surface area contributed by atoms with Gasteiger partial charge >= 0.3 is 0 Å². The highest BCUT2D eigenvalue weighted by Gasteiger charge is 2.21. The van der Waals surface area contributed by atoms with Crippen molar-refractivity contribution in [2.75, 3.05) is 24.5 Å². The first-order valence-corrected chi connectivity index (χ1v) is 7.37. The van der Waals surface area contributed by atoms with E-state index >= 15 is 0 Å². The molecule has 1 aromatic rings. The lowest BCUT2D eigenvalue weighted by Crippen LogP contribution is -2.36. The van der Waals surface area contributed by atoms with Crippen molar-refractivity contribution >= 4 is 5.69 Å². The summed E-state index contributed by atoms with van der Waals surface area (Å²) in [7, 11) is 0. The Bertz CT molecular complexity index is 480. The highest BCUT2D eigenvalue weighted by atomic mass is 16.3. The Morgan fingerprint density at radius 3 is 2.75 bits per heavy atom. The van der Waals surface area contributed by atoms with Crippen molar-refractivity contribution in [2.45, 2.75) is 45.4 Å². The zero-order chi connectivity index (χ0) is 14.5. The number of hydrogen-bond acceptors (Lipinski definition) is 5. The van der Waals surface area contributed by atoms with Crippen LogP contribution in [-0.4, -0.2) is 46.7 Å². The van der Waals surface area contributed by atoms with E-state index in [0.717, 1.165) is 18.8 Å². The lowest BCUT2D eigenvalue weighted by Gasteiger charge is -2.20. The topological polar surface area (TPSA) is 70.4 Å². The number of aliphatic hydroxyl groups is 1. The Morgan fingerprint density at radius 1 is 1.50 bits per heavy atom. The number of rotatable bonds is 8. The number of nitrogens with zero attached hydrogens (tertiary/aromatic N) is 3. The minimum absolute atomic E-state index is 0.167. The molecule has 1 aromatic heterocycles. The van der Waals surface area contributed by atoms with E-state index in [1.54, 1.807) is 12.3 Å². The van der Waals surface area contributed by atoms with Crippen LogP contribution in [-0.2, 0) is 6.54 Å². The summed E-state index contributed by atoms with van der Waals surface area (Å²) in [5.74, 6) is 0. The molecule has 0 amide bonds. The summed E-state index contributed by atoms with van der Waals surface area (Å²) in [6.07, 6.45) is 3.47. The van der Waals surface area contributed by atoms with Gasteiger partial charge in [-0.2, -0.15) is 5.10 Å². The van der Waals surface area contributed by atoms with Crippen LogP contribution < -0.4 is 15.8 Å². The summed E-state index contributed by atoms with van der Waals surface area (Å²) in [5.41, 5.74) is 0.668. The molecule has 112 valence electrons. The van der Waals surface area contributed by atoms with Crippen molar-refractivity contribution in [2.24, 2.45) is 0 Å². The van der Waals surface area contributed by atoms with Gasteiger partial charge in [0.2, 0.25) is 0 Å². The van der Waals surface area contributed by atoms with Crippen LogP contribution in [0.3, 0.4) is 0 Å². The minimum atomic E-state index is -0.583. The Balaban J connectivity index is 1.95. The highest BCUT2D eigenvalue weighted by molar-refractivity contribution is 5.42. The zero-order valence-corrected chi connectivity index (χ0v) is 12.2. The van der Waals surface area contributed by atoms with Crippen molar-refractivity contribution in [3.05, 3.63) is 22.6 Å².